The number of phenolic OH excluding ortho intramolecular Hbond substituents is 1. The first kappa shape index (κ1) is 15.0. The molecule has 0 unspecified atom stereocenters. The lowest BCUT2D eigenvalue weighted by Gasteiger charge is -2.13. The topological polar surface area (TPSA) is 72.5 Å². The van der Waals surface area contributed by atoms with Crippen LogP contribution in [0, 0.1) is 5.82 Å². The maximum absolute atomic E-state index is 13.0. The van der Waals surface area contributed by atoms with Gasteiger partial charge in [0.2, 0.25) is 0 Å². The number of hydrogen-bond donors (Lipinski definition) is 2. The van der Waals surface area contributed by atoms with Crippen LogP contribution in [0.25, 0.3) is 0 Å². The summed E-state index contributed by atoms with van der Waals surface area (Å²) in [6, 6.07) is 0.873. The third-order valence-electron chi connectivity index (χ3n) is 1.88. The number of carbonyl (C=O) groups is 1. The fraction of sp³-hybridized carbons (Fsp3) is 0.222. The van der Waals surface area contributed by atoms with E-state index in [1.54, 1.807) is 0 Å². The number of nitrogens with two attached hydrogens (primary N) is 1. The van der Waals surface area contributed by atoms with Crippen molar-refractivity contribution >= 4 is 30.0 Å². The van der Waals surface area contributed by atoms with Crippen molar-refractivity contribution in [2.24, 2.45) is 5.73 Å². The first-order chi connectivity index (χ1) is 6.99. The Morgan fingerprint density at radius 3 is 2.69 bits per heavy atom. The molecule has 0 amide bonds. The average molecular weight is 270 g/mol. The van der Waals surface area contributed by atoms with Crippen LogP contribution in [0.2, 0.25) is 5.02 Å². The maximum atomic E-state index is 13.0. The lowest BCUT2D eigenvalue weighted by atomic mass is 10.1. The van der Waals surface area contributed by atoms with E-state index in [2.05, 4.69) is 4.74 Å². The van der Waals surface area contributed by atoms with Crippen LogP contribution in [0.4, 0.5) is 4.39 Å². The smallest absolute Gasteiger partial charge is 0.327 e. The molecular formula is C9H10Cl2FNO3. The van der Waals surface area contributed by atoms with Crippen LogP contribution >= 0.6 is 24.0 Å². The predicted molar refractivity (Wildman–Crippen MR) is 59.3 cm³/mol. The van der Waals surface area contributed by atoms with Crippen molar-refractivity contribution in [3.63, 3.8) is 0 Å². The number of hydrogen-bond acceptors (Lipinski definition) is 4. The standard InChI is InChI=1S/C9H9ClFNO3.ClH/c1-15-9(14)7(12)6-4(10)2-3-5(11)8(6)13;/h2-3,7,13H,12H2,1H3;1H/t7-;/m0./s1. The van der Waals surface area contributed by atoms with Gasteiger partial charge < -0.3 is 15.6 Å². The van der Waals surface area contributed by atoms with E-state index in [1.807, 2.05) is 0 Å². The van der Waals surface area contributed by atoms with Crippen LogP contribution in [0.5, 0.6) is 5.75 Å². The SMILES string of the molecule is COC(=O)[C@@H](N)c1c(Cl)ccc(F)c1O.Cl. The molecule has 0 aliphatic rings. The summed E-state index contributed by atoms with van der Waals surface area (Å²) >= 11 is 5.68. The molecule has 0 aromatic heterocycles. The molecule has 0 spiro atoms. The number of carbonyl (C=O) groups excluding carboxylic acids is 1. The Labute approximate surface area is 103 Å². The number of phenols is 1. The zero-order valence-electron chi connectivity index (χ0n) is 8.24. The third kappa shape index (κ3) is 2.75. The normalized spacial score (nSPS) is 11.5. The summed E-state index contributed by atoms with van der Waals surface area (Å²) in [5, 5.41) is 9.35. The number of methoxy groups -OCH3 is 1. The Balaban J connectivity index is 0.00000225. The van der Waals surface area contributed by atoms with E-state index in [0.29, 0.717) is 0 Å². The number of ether oxygens (including phenoxy) is 1. The summed E-state index contributed by atoms with van der Waals surface area (Å²) in [5.74, 6) is -2.44. The van der Waals surface area contributed by atoms with Gasteiger partial charge in [-0.1, -0.05) is 11.6 Å². The highest BCUT2D eigenvalue weighted by Crippen LogP contribution is 2.32. The highest BCUT2D eigenvalue weighted by molar-refractivity contribution is 6.31. The fourth-order valence-corrected chi connectivity index (χ4v) is 1.37. The molecule has 0 heterocycles. The second-order valence-corrected chi connectivity index (χ2v) is 3.20. The van der Waals surface area contributed by atoms with Gasteiger partial charge in [-0.05, 0) is 12.1 Å². The lowest BCUT2D eigenvalue weighted by Crippen LogP contribution is -2.23. The van der Waals surface area contributed by atoms with Gasteiger partial charge in [0.05, 0.1) is 7.11 Å². The van der Waals surface area contributed by atoms with E-state index in [9.17, 15) is 14.3 Å². The summed E-state index contributed by atoms with van der Waals surface area (Å²) < 4.78 is 17.3. The second kappa shape index (κ2) is 5.89. The molecule has 1 atom stereocenters. The summed E-state index contributed by atoms with van der Waals surface area (Å²) in [4.78, 5) is 11.1. The fourth-order valence-electron chi connectivity index (χ4n) is 1.10. The Bertz CT molecular complexity index is 401. The Hall–Kier alpha value is -1.04. The van der Waals surface area contributed by atoms with Gasteiger partial charge in [-0.2, -0.15) is 0 Å². The van der Waals surface area contributed by atoms with E-state index >= 15 is 0 Å². The van der Waals surface area contributed by atoms with Gasteiger partial charge in [-0.25, -0.2) is 4.39 Å². The molecule has 1 aromatic rings. The molecule has 16 heavy (non-hydrogen) atoms. The number of rotatable bonds is 2. The number of esters is 1. The molecule has 0 aliphatic heterocycles. The maximum Gasteiger partial charge on any atom is 0.327 e. The van der Waals surface area contributed by atoms with Crippen molar-refractivity contribution in [2.45, 2.75) is 6.04 Å². The van der Waals surface area contributed by atoms with E-state index in [1.165, 1.54) is 6.07 Å². The minimum atomic E-state index is -1.31. The van der Waals surface area contributed by atoms with Gasteiger partial charge in [-0.15, -0.1) is 12.4 Å². The van der Waals surface area contributed by atoms with E-state index < -0.39 is 23.6 Å². The lowest BCUT2D eigenvalue weighted by molar-refractivity contribution is -0.142. The molecule has 7 heteroatoms. The molecule has 0 saturated carbocycles. The van der Waals surface area contributed by atoms with Crippen LogP contribution in [-0.4, -0.2) is 18.2 Å². The molecule has 0 saturated heterocycles. The molecule has 3 N–H and O–H groups in total. The van der Waals surface area contributed by atoms with Crippen molar-refractivity contribution in [3.8, 4) is 5.75 Å². The van der Waals surface area contributed by atoms with Gasteiger partial charge >= 0.3 is 5.97 Å². The molecule has 0 radical (unpaired) electrons. The van der Waals surface area contributed by atoms with Crippen LogP contribution < -0.4 is 5.73 Å². The van der Waals surface area contributed by atoms with Crippen LogP contribution in [0.3, 0.4) is 0 Å². The molecule has 90 valence electrons. The van der Waals surface area contributed by atoms with Crippen molar-refractivity contribution in [1.82, 2.24) is 0 Å². The molecular weight excluding hydrogens is 260 g/mol. The monoisotopic (exact) mass is 269 g/mol. The van der Waals surface area contributed by atoms with Crippen molar-refractivity contribution in [1.29, 1.82) is 0 Å². The van der Waals surface area contributed by atoms with E-state index in [-0.39, 0.29) is 23.0 Å². The highest BCUT2D eigenvalue weighted by Gasteiger charge is 2.24. The van der Waals surface area contributed by atoms with Crippen LogP contribution in [-0.2, 0) is 9.53 Å². The molecule has 0 bridgehead atoms. The van der Waals surface area contributed by atoms with Gasteiger partial charge in [-0.3, -0.25) is 4.79 Å². The molecule has 0 aliphatic carbocycles. The van der Waals surface area contributed by atoms with E-state index in [4.69, 9.17) is 17.3 Å². The van der Waals surface area contributed by atoms with Gasteiger partial charge in [0.1, 0.15) is 6.04 Å². The first-order valence-corrected chi connectivity index (χ1v) is 4.37. The Morgan fingerprint density at radius 2 is 2.19 bits per heavy atom. The molecule has 0 fully saturated rings. The zero-order valence-corrected chi connectivity index (χ0v) is 9.81. The van der Waals surface area contributed by atoms with Crippen molar-refractivity contribution in [2.75, 3.05) is 7.11 Å². The zero-order chi connectivity index (χ0) is 11.6. The highest BCUT2D eigenvalue weighted by atomic mass is 35.5. The number of benzene rings is 1. The first-order valence-electron chi connectivity index (χ1n) is 3.99. The Morgan fingerprint density at radius 1 is 1.62 bits per heavy atom. The van der Waals surface area contributed by atoms with E-state index in [0.717, 1.165) is 13.2 Å². The quantitative estimate of drug-likeness (QED) is 0.803. The van der Waals surface area contributed by atoms with Crippen molar-refractivity contribution < 1.29 is 19.0 Å². The number of halogens is 3. The van der Waals surface area contributed by atoms with Crippen LogP contribution in [0.15, 0.2) is 12.1 Å². The number of aromatic hydroxyl groups is 1. The molecule has 1 rings (SSSR count). The summed E-state index contributed by atoms with van der Waals surface area (Å²) in [6.45, 7) is 0. The summed E-state index contributed by atoms with van der Waals surface area (Å²) in [5.41, 5.74) is 5.26. The molecule has 4 nitrogen and oxygen atoms in total. The predicted octanol–water partition coefficient (Wildman–Crippen LogP) is 1.78. The third-order valence-corrected chi connectivity index (χ3v) is 2.21. The second-order valence-electron chi connectivity index (χ2n) is 2.79. The van der Waals surface area contributed by atoms with Gasteiger partial charge in [0, 0.05) is 10.6 Å². The van der Waals surface area contributed by atoms with Gasteiger partial charge in [0.15, 0.2) is 11.6 Å². The Kier molecular flexibility index (Phi) is 5.50. The average Bonchev–Trinajstić information content (AvgIpc) is 2.22. The summed E-state index contributed by atoms with van der Waals surface area (Å²) in [6.07, 6.45) is 0. The van der Waals surface area contributed by atoms with Gasteiger partial charge in [0.25, 0.3) is 0 Å². The minimum absolute atomic E-state index is 0. The largest absolute Gasteiger partial charge is 0.505 e. The van der Waals surface area contributed by atoms with Crippen LogP contribution in [0.1, 0.15) is 11.6 Å². The summed E-state index contributed by atoms with van der Waals surface area (Å²) in [7, 11) is 1.13. The van der Waals surface area contributed by atoms with Crippen molar-refractivity contribution in [3.05, 3.63) is 28.5 Å². The minimum Gasteiger partial charge on any atom is -0.505 e. The molecule has 1 aromatic carbocycles.